The molecule has 0 bridgehead atoms. The van der Waals surface area contributed by atoms with Gasteiger partial charge in [-0.15, -0.1) is 0 Å². The van der Waals surface area contributed by atoms with Crippen molar-refractivity contribution < 1.29 is 31.5 Å². The molecule has 0 saturated carbocycles. The van der Waals surface area contributed by atoms with Crippen molar-refractivity contribution >= 4 is 11.6 Å². The Hall–Kier alpha value is -3.19. The molecule has 2 aromatic rings. The second-order valence-corrected chi connectivity index (χ2v) is 9.06. The zero-order chi connectivity index (χ0) is 25.4. The molecule has 2 aliphatic rings. The average molecular weight is 493 g/mol. The number of benzene rings is 2. The summed E-state index contributed by atoms with van der Waals surface area (Å²) in [4.78, 5) is 16.3. The van der Waals surface area contributed by atoms with Crippen LogP contribution in [0.25, 0.3) is 0 Å². The van der Waals surface area contributed by atoms with Crippen LogP contribution in [0.15, 0.2) is 36.4 Å². The Morgan fingerprint density at radius 1 is 1.20 bits per heavy atom. The lowest BCUT2D eigenvalue weighted by atomic mass is 9.73. The summed E-state index contributed by atoms with van der Waals surface area (Å²) in [5.41, 5.74) is -2.07. The summed E-state index contributed by atoms with van der Waals surface area (Å²) >= 11 is 0. The third-order valence-electron chi connectivity index (χ3n) is 6.90. The monoisotopic (exact) mass is 493 g/mol. The molecule has 2 atom stereocenters. The van der Waals surface area contributed by atoms with Crippen molar-refractivity contribution in [1.82, 2.24) is 4.90 Å². The van der Waals surface area contributed by atoms with E-state index in [1.807, 2.05) is 11.8 Å². The molecule has 0 unspecified atom stereocenters. The van der Waals surface area contributed by atoms with E-state index in [-0.39, 0.29) is 24.6 Å². The Bertz CT molecular complexity index is 1160. The fourth-order valence-electron chi connectivity index (χ4n) is 5.16. The third kappa shape index (κ3) is 4.82. The number of rotatable bonds is 5. The number of amides is 1. The van der Waals surface area contributed by atoms with Crippen LogP contribution in [-0.4, -0.2) is 50.2 Å². The Balaban J connectivity index is 1.63. The number of hydrogen-bond acceptors (Lipinski definition) is 4. The molecule has 0 spiro atoms. The Labute approximate surface area is 199 Å². The molecule has 0 radical (unpaired) electrons. The van der Waals surface area contributed by atoms with Crippen molar-refractivity contribution in [3.63, 3.8) is 0 Å². The number of fused-ring (bicyclic) bond motifs is 1. The minimum absolute atomic E-state index is 0.0143. The SMILES string of the molecule is CCOC[C@]12CN(C(=O)c3cc(F)ccc3F)CC[C@H]1CN(c1ccc(C#N)c(C(F)(F)F)c1)C2. The van der Waals surface area contributed by atoms with Crippen molar-refractivity contribution in [3.8, 4) is 6.07 Å². The summed E-state index contributed by atoms with van der Waals surface area (Å²) in [5.74, 6) is -2.15. The van der Waals surface area contributed by atoms with Crippen LogP contribution in [0.4, 0.5) is 27.6 Å². The van der Waals surface area contributed by atoms with Crippen LogP contribution in [0.5, 0.6) is 0 Å². The summed E-state index contributed by atoms with van der Waals surface area (Å²) in [6.07, 6.45) is -4.14. The van der Waals surface area contributed by atoms with E-state index >= 15 is 0 Å². The van der Waals surface area contributed by atoms with Gasteiger partial charge in [0.15, 0.2) is 0 Å². The van der Waals surface area contributed by atoms with Gasteiger partial charge in [0, 0.05) is 43.9 Å². The van der Waals surface area contributed by atoms with E-state index < -0.39 is 40.3 Å². The molecule has 0 aromatic heterocycles. The highest BCUT2D eigenvalue weighted by atomic mass is 19.4. The second-order valence-electron chi connectivity index (χ2n) is 9.06. The van der Waals surface area contributed by atoms with Gasteiger partial charge in [-0.25, -0.2) is 8.78 Å². The van der Waals surface area contributed by atoms with Crippen molar-refractivity contribution in [1.29, 1.82) is 5.26 Å². The minimum Gasteiger partial charge on any atom is -0.381 e. The van der Waals surface area contributed by atoms with E-state index in [1.165, 1.54) is 11.0 Å². The normalized spacial score (nSPS) is 22.1. The van der Waals surface area contributed by atoms with E-state index in [0.29, 0.717) is 38.3 Å². The first-order valence-corrected chi connectivity index (χ1v) is 11.3. The first-order valence-electron chi connectivity index (χ1n) is 11.3. The smallest absolute Gasteiger partial charge is 0.381 e. The number of anilines is 1. The predicted octanol–water partition coefficient (Wildman–Crippen LogP) is 4.86. The van der Waals surface area contributed by atoms with Crippen LogP contribution in [0.2, 0.25) is 0 Å². The quantitative estimate of drug-likeness (QED) is 0.559. The number of halogens is 5. The Kier molecular flexibility index (Phi) is 6.73. The van der Waals surface area contributed by atoms with Gasteiger partial charge in [-0.3, -0.25) is 4.79 Å². The van der Waals surface area contributed by atoms with Crippen LogP contribution in [-0.2, 0) is 10.9 Å². The van der Waals surface area contributed by atoms with Gasteiger partial charge in [0.25, 0.3) is 5.91 Å². The van der Waals surface area contributed by atoms with E-state index in [9.17, 15) is 26.7 Å². The number of nitriles is 1. The molecule has 10 heteroatoms. The zero-order valence-corrected chi connectivity index (χ0v) is 19.0. The van der Waals surface area contributed by atoms with Crippen LogP contribution in [0.1, 0.15) is 34.8 Å². The predicted molar refractivity (Wildman–Crippen MR) is 118 cm³/mol. The molecule has 5 nitrogen and oxygen atoms in total. The fourth-order valence-corrected chi connectivity index (χ4v) is 5.16. The molecule has 0 aliphatic carbocycles. The van der Waals surface area contributed by atoms with E-state index in [0.717, 1.165) is 30.3 Å². The Morgan fingerprint density at radius 2 is 1.97 bits per heavy atom. The molecule has 2 aromatic carbocycles. The number of likely N-dealkylation sites (tertiary alicyclic amines) is 1. The molecule has 1 amide bonds. The molecule has 2 heterocycles. The number of hydrogen-bond donors (Lipinski definition) is 0. The number of carbonyl (C=O) groups excluding carboxylic acids is 1. The van der Waals surface area contributed by atoms with Gasteiger partial charge in [0.1, 0.15) is 11.6 Å². The lowest BCUT2D eigenvalue weighted by molar-refractivity contribution is -0.137. The number of ether oxygens (including phenoxy) is 1. The highest BCUT2D eigenvalue weighted by Gasteiger charge is 2.51. The van der Waals surface area contributed by atoms with Crippen molar-refractivity contribution in [3.05, 3.63) is 64.7 Å². The summed E-state index contributed by atoms with van der Waals surface area (Å²) in [5, 5.41) is 9.09. The lowest BCUT2D eigenvalue weighted by Crippen LogP contribution is -2.53. The van der Waals surface area contributed by atoms with Gasteiger partial charge in [0.05, 0.1) is 29.4 Å². The zero-order valence-electron chi connectivity index (χ0n) is 19.0. The summed E-state index contributed by atoms with van der Waals surface area (Å²) in [6.45, 7) is 3.78. The number of alkyl halides is 3. The highest BCUT2D eigenvalue weighted by molar-refractivity contribution is 5.94. The lowest BCUT2D eigenvalue weighted by Gasteiger charge is -2.43. The average Bonchev–Trinajstić information content (AvgIpc) is 3.22. The summed E-state index contributed by atoms with van der Waals surface area (Å²) in [7, 11) is 0. The maximum atomic E-state index is 14.3. The minimum atomic E-state index is -4.67. The number of carbonyl (C=O) groups is 1. The molecular weight excluding hydrogens is 469 g/mol. The molecular formula is C25H24F5N3O2. The molecule has 186 valence electrons. The number of piperidine rings is 1. The van der Waals surface area contributed by atoms with Gasteiger partial charge < -0.3 is 14.5 Å². The summed E-state index contributed by atoms with van der Waals surface area (Å²) < 4.78 is 74.2. The maximum absolute atomic E-state index is 14.3. The molecule has 2 fully saturated rings. The van der Waals surface area contributed by atoms with Crippen LogP contribution >= 0.6 is 0 Å². The van der Waals surface area contributed by atoms with Crippen LogP contribution in [0, 0.1) is 34.3 Å². The van der Waals surface area contributed by atoms with Crippen molar-refractivity contribution in [2.75, 3.05) is 44.3 Å². The first-order chi connectivity index (χ1) is 16.6. The van der Waals surface area contributed by atoms with Crippen molar-refractivity contribution in [2.45, 2.75) is 19.5 Å². The second kappa shape index (κ2) is 9.46. The van der Waals surface area contributed by atoms with E-state index in [4.69, 9.17) is 10.00 Å². The van der Waals surface area contributed by atoms with Gasteiger partial charge in [-0.1, -0.05) is 0 Å². The Morgan fingerprint density at radius 3 is 2.66 bits per heavy atom. The largest absolute Gasteiger partial charge is 0.417 e. The topological polar surface area (TPSA) is 56.6 Å². The van der Waals surface area contributed by atoms with Crippen molar-refractivity contribution in [2.24, 2.45) is 11.3 Å². The molecule has 2 aliphatic heterocycles. The molecule has 2 saturated heterocycles. The van der Waals surface area contributed by atoms with E-state index in [1.54, 1.807) is 6.07 Å². The highest BCUT2D eigenvalue weighted by Crippen LogP contribution is 2.45. The molecule has 4 rings (SSSR count). The van der Waals surface area contributed by atoms with Crippen LogP contribution in [0.3, 0.4) is 0 Å². The molecule has 35 heavy (non-hydrogen) atoms. The third-order valence-corrected chi connectivity index (χ3v) is 6.90. The summed E-state index contributed by atoms with van der Waals surface area (Å²) in [6, 6.07) is 7.94. The van der Waals surface area contributed by atoms with Gasteiger partial charge in [-0.2, -0.15) is 18.4 Å². The van der Waals surface area contributed by atoms with Gasteiger partial charge in [0.2, 0.25) is 0 Å². The van der Waals surface area contributed by atoms with Crippen LogP contribution < -0.4 is 4.90 Å². The maximum Gasteiger partial charge on any atom is 0.417 e. The first kappa shape index (κ1) is 24.9. The fraction of sp³-hybridized carbons (Fsp3) is 0.440. The standard InChI is InChI=1S/C25H24F5N3O2/c1-2-35-15-24-13-32(23(34)20-9-18(26)4-6-22(20)27)8-7-17(24)12-33(14-24)19-5-3-16(11-31)21(10-19)25(28,29)30/h3-6,9-10,17H,2,7-8,12-15H2,1H3/t17-,24+/m0/s1. The van der Waals surface area contributed by atoms with Gasteiger partial charge in [-0.05, 0) is 55.7 Å². The van der Waals surface area contributed by atoms with Gasteiger partial charge >= 0.3 is 6.18 Å². The molecule has 0 N–H and O–H groups in total. The van der Waals surface area contributed by atoms with E-state index in [2.05, 4.69) is 0 Å². The number of nitrogens with zero attached hydrogens (tertiary/aromatic N) is 3.